The minimum atomic E-state index is -2.97. The van der Waals surface area contributed by atoms with Gasteiger partial charge in [-0.1, -0.05) is 0 Å². The lowest BCUT2D eigenvalue weighted by Crippen LogP contribution is -2.58. The highest BCUT2D eigenvalue weighted by molar-refractivity contribution is 7.91. The second-order valence-electron chi connectivity index (χ2n) is 9.71. The molecule has 0 unspecified atom stereocenters. The van der Waals surface area contributed by atoms with E-state index in [9.17, 15) is 8.42 Å². The third-order valence-electron chi connectivity index (χ3n) is 7.57. The van der Waals surface area contributed by atoms with Gasteiger partial charge in [0.25, 0.3) is 0 Å². The monoisotopic (exact) mass is 485 g/mol. The van der Waals surface area contributed by atoms with E-state index in [1.54, 1.807) is 0 Å². The molecule has 0 radical (unpaired) electrons. The summed E-state index contributed by atoms with van der Waals surface area (Å²) in [5, 5.41) is 6.85. The lowest BCUT2D eigenvalue weighted by atomic mass is 9.91. The average molecular weight is 486 g/mol. The summed E-state index contributed by atoms with van der Waals surface area (Å²) in [5.41, 5.74) is 3.72. The first-order valence-corrected chi connectivity index (χ1v) is 13.9. The fourth-order valence-electron chi connectivity index (χ4n) is 5.37. The van der Waals surface area contributed by atoms with Crippen molar-refractivity contribution in [1.29, 1.82) is 0 Å². The maximum absolute atomic E-state index is 11.9. The number of hydrogen-bond donors (Lipinski definition) is 2. The van der Waals surface area contributed by atoms with Crippen molar-refractivity contribution in [1.82, 2.24) is 25.2 Å². The molecule has 4 aliphatic rings. The van der Waals surface area contributed by atoms with Crippen molar-refractivity contribution in [3.63, 3.8) is 0 Å². The van der Waals surface area contributed by atoms with Gasteiger partial charge >= 0.3 is 0 Å². The van der Waals surface area contributed by atoms with Crippen LogP contribution in [0.25, 0.3) is 0 Å². The Morgan fingerprint density at radius 3 is 2.56 bits per heavy atom. The number of nitrogens with zero attached hydrogens (tertiary/aromatic N) is 5. The molecule has 0 aromatic carbocycles. The van der Waals surface area contributed by atoms with Gasteiger partial charge in [0, 0.05) is 43.8 Å². The van der Waals surface area contributed by atoms with E-state index in [-0.39, 0.29) is 11.5 Å². The summed E-state index contributed by atoms with van der Waals surface area (Å²) in [4.78, 5) is 18.5. The second-order valence-corrected chi connectivity index (χ2v) is 12.0. The van der Waals surface area contributed by atoms with E-state index in [0.29, 0.717) is 37.5 Å². The van der Waals surface area contributed by atoms with Gasteiger partial charge in [0.05, 0.1) is 28.5 Å². The number of piperidine rings is 1. The highest BCUT2D eigenvalue weighted by Gasteiger charge is 2.31. The lowest BCUT2D eigenvalue weighted by Gasteiger charge is -2.42. The van der Waals surface area contributed by atoms with Gasteiger partial charge in [0.15, 0.2) is 15.6 Å². The van der Waals surface area contributed by atoms with Gasteiger partial charge in [-0.25, -0.2) is 18.4 Å². The first kappa shape index (κ1) is 22.0. The van der Waals surface area contributed by atoms with Crippen molar-refractivity contribution in [2.75, 3.05) is 61.0 Å². The van der Waals surface area contributed by atoms with Crippen LogP contribution in [-0.2, 0) is 16.4 Å². The molecule has 11 heteroatoms. The molecule has 0 aliphatic carbocycles. The van der Waals surface area contributed by atoms with Crippen molar-refractivity contribution < 1.29 is 13.2 Å². The number of aryl methyl sites for hydroxylation is 1. The smallest absolute Gasteiger partial charge is 0.164 e. The number of anilines is 3. The Hall–Kier alpha value is -2.50. The van der Waals surface area contributed by atoms with Gasteiger partial charge in [-0.2, -0.15) is 0 Å². The fraction of sp³-hybridized carbons (Fsp3) is 0.609. The fourth-order valence-corrected chi connectivity index (χ4v) is 6.57. The van der Waals surface area contributed by atoms with E-state index in [1.165, 1.54) is 6.33 Å². The van der Waals surface area contributed by atoms with E-state index in [4.69, 9.17) is 9.72 Å². The van der Waals surface area contributed by atoms with Crippen molar-refractivity contribution in [2.45, 2.75) is 38.3 Å². The Morgan fingerprint density at radius 1 is 1.09 bits per heavy atom. The molecule has 2 aromatic rings. The van der Waals surface area contributed by atoms with Crippen LogP contribution in [0, 0.1) is 6.92 Å². The third-order valence-corrected chi connectivity index (χ3v) is 9.18. The van der Waals surface area contributed by atoms with Crippen LogP contribution in [0.4, 0.5) is 17.3 Å². The van der Waals surface area contributed by atoms with Crippen LogP contribution in [0.15, 0.2) is 12.4 Å². The van der Waals surface area contributed by atoms with E-state index < -0.39 is 9.84 Å². The standard InChI is InChI=1S/C23H31N7O3S/c1-15-21-20(10-19(27-15)16-2-4-29(5-3-16)17-11-24-12-17)28-22-18(13-33-21)23(26-14-25-22)30-6-8-34(31,32)9-7-30/h10,14,16-17,24H,2-9,11-13H2,1H3,(H,25,26,28). The second kappa shape index (κ2) is 8.62. The molecule has 0 spiro atoms. The number of fused-ring (bicyclic) bond motifs is 2. The molecule has 3 saturated heterocycles. The van der Waals surface area contributed by atoms with E-state index in [0.717, 1.165) is 73.2 Å². The maximum atomic E-state index is 11.9. The molecular weight excluding hydrogens is 454 g/mol. The highest BCUT2D eigenvalue weighted by atomic mass is 32.2. The third kappa shape index (κ3) is 4.09. The number of pyridine rings is 1. The average Bonchev–Trinajstić information content (AvgIpc) is 2.98. The maximum Gasteiger partial charge on any atom is 0.164 e. The quantitative estimate of drug-likeness (QED) is 0.658. The number of likely N-dealkylation sites (tertiary alicyclic amines) is 1. The summed E-state index contributed by atoms with van der Waals surface area (Å²) in [7, 11) is -2.97. The van der Waals surface area contributed by atoms with Crippen LogP contribution in [0.3, 0.4) is 0 Å². The number of ether oxygens (including phenoxy) is 1. The zero-order valence-electron chi connectivity index (χ0n) is 19.5. The van der Waals surface area contributed by atoms with Crippen molar-refractivity contribution in [2.24, 2.45) is 0 Å². The van der Waals surface area contributed by atoms with E-state index in [2.05, 4.69) is 31.6 Å². The van der Waals surface area contributed by atoms with Gasteiger partial charge in [-0.05, 0) is 38.9 Å². The molecule has 3 fully saturated rings. The molecule has 0 amide bonds. The Bertz CT molecular complexity index is 1180. The predicted molar refractivity (Wildman–Crippen MR) is 130 cm³/mol. The van der Waals surface area contributed by atoms with Crippen LogP contribution in [0.1, 0.15) is 35.7 Å². The summed E-state index contributed by atoms with van der Waals surface area (Å²) < 4.78 is 30.0. The van der Waals surface area contributed by atoms with E-state index >= 15 is 0 Å². The number of sulfone groups is 1. The summed E-state index contributed by atoms with van der Waals surface area (Å²) in [6.45, 7) is 7.62. The minimum Gasteiger partial charge on any atom is -0.485 e. The normalized spacial score (nSPS) is 23.1. The first-order chi connectivity index (χ1) is 16.5. The Balaban J connectivity index is 1.24. The molecule has 0 saturated carbocycles. The molecule has 6 rings (SSSR count). The van der Waals surface area contributed by atoms with Gasteiger partial charge in [-0.15, -0.1) is 0 Å². The first-order valence-electron chi connectivity index (χ1n) is 12.1. The van der Waals surface area contributed by atoms with Crippen molar-refractivity contribution >= 4 is 27.2 Å². The molecule has 2 N–H and O–H groups in total. The van der Waals surface area contributed by atoms with Crippen LogP contribution in [-0.4, -0.2) is 85.1 Å². The number of hydrogen-bond acceptors (Lipinski definition) is 10. The Morgan fingerprint density at radius 2 is 1.85 bits per heavy atom. The largest absolute Gasteiger partial charge is 0.485 e. The molecule has 6 heterocycles. The van der Waals surface area contributed by atoms with Gasteiger partial charge < -0.3 is 20.3 Å². The topological polar surface area (TPSA) is 113 Å². The van der Waals surface area contributed by atoms with Crippen LogP contribution in [0.5, 0.6) is 5.75 Å². The molecule has 34 heavy (non-hydrogen) atoms. The molecule has 10 nitrogen and oxygen atoms in total. The zero-order chi connectivity index (χ0) is 23.3. The predicted octanol–water partition coefficient (Wildman–Crippen LogP) is 1.20. The molecular formula is C23H31N7O3S. The molecule has 4 aliphatic heterocycles. The molecule has 2 aromatic heterocycles. The lowest BCUT2D eigenvalue weighted by molar-refractivity contribution is 0.112. The van der Waals surface area contributed by atoms with Crippen LogP contribution < -0.4 is 20.3 Å². The van der Waals surface area contributed by atoms with Crippen LogP contribution >= 0.6 is 0 Å². The number of rotatable bonds is 3. The van der Waals surface area contributed by atoms with Crippen molar-refractivity contribution in [3.05, 3.63) is 29.3 Å². The van der Waals surface area contributed by atoms with Gasteiger partial charge in [0.2, 0.25) is 0 Å². The SMILES string of the molecule is Cc1nc(C2CCN(C3CNC3)CC2)cc2c1OCc1c(ncnc1N1CCS(=O)(=O)CC1)N2. The summed E-state index contributed by atoms with van der Waals surface area (Å²) in [6, 6.07) is 2.82. The Labute approximate surface area is 200 Å². The van der Waals surface area contributed by atoms with Crippen molar-refractivity contribution in [3.8, 4) is 5.75 Å². The Kier molecular flexibility index (Phi) is 5.57. The summed E-state index contributed by atoms with van der Waals surface area (Å²) in [5.74, 6) is 2.91. The minimum absolute atomic E-state index is 0.142. The van der Waals surface area contributed by atoms with Gasteiger partial charge in [-0.3, -0.25) is 9.88 Å². The molecule has 0 atom stereocenters. The number of aromatic nitrogens is 3. The molecule has 0 bridgehead atoms. The summed E-state index contributed by atoms with van der Waals surface area (Å²) >= 11 is 0. The van der Waals surface area contributed by atoms with Crippen LogP contribution in [0.2, 0.25) is 0 Å². The number of nitrogens with one attached hydrogen (secondary N) is 2. The zero-order valence-corrected chi connectivity index (χ0v) is 20.3. The van der Waals surface area contributed by atoms with E-state index in [1.807, 2.05) is 11.8 Å². The van der Waals surface area contributed by atoms with Gasteiger partial charge in [0.1, 0.15) is 24.6 Å². The highest BCUT2D eigenvalue weighted by Crippen LogP contribution is 2.40. The summed E-state index contributed by atoms with van der Waals surface area (Å²) in [6.07, 6.45) is 3.77. The molecule has 182 valence electrons.